The van der Waals surface area contributed by atoms with E-state index < -0.39 is 0 Å². The van der Waals surface area contributed by atoms with Crippen molar-refractivity contribution in [3.05, 3.63) is 0 Å². The Hall–Kier alpha value is -0.660. The van der Waals surface area contributed by atoms with Crippen molar-refractivity contribution in [1.82, 2.24) is 0 Å². The molecule has 0 atom stereocenters. The maximum Gasteiger partial charge on any atom is 0.127 e. The SMILES string of the molecule is O=CC12CC1(C=O)C2. The molecule has 0 aromatic rings. The van der Waals surface area contributed by atoms with Crippen LogP contribution in [0.3, 0.4) is 0 Å². The van der Waals surface area contributed by atoms with Crippen molar-refractivity contribution in [2.75, 3.05) is 0 Å². The van der Waals surface area contributed by atoms with E-state index in [4.69, 9.17) is 0 Å². The van der Waals surface area contributed by atoms with Gasteiger partial charge in [-0.3, -0.25) is 0 Å². The average Bonchev–Trinajstić information content (AvgIpc) is 2.48. The van der Waals surface area contributed by atoms with E-state index in [1.54, 1.807) is 0 Å². The number of fused-ring (bicyclic) bond motifs is 1. The van der Waals surface area contributed by atoms with Crippen LogP contribution in [-0.4, -0.2) is 12.6 Å². The lowest BCUT2D eigenvalue weighted by atomic mass is 10.2. The summed E-state index contributed by atoms with van der Waals surface area (Å²) < 4.78 is 0. The molecule has 2 aliphatic rings. The summed E-state index contributed by atoms with van der Waals surface area (Å²) in [7, 11) is 0. The highest BCUT2D eigenvalue weighted by Gasteiger charge is 2.83. The van der Waals surface area contributed by atoms with Crippen molar-refractivity contribution in [3.63, 3.8) is 0 Å². The van der Waals surface area contributed by atoms with E-state index >= 15 is 0 Å². The highest BCUT2D eigenvalue weighted by molar-refractivity contribution is 5.89. The highest BCUT2D eigenvalue weighted by Crippen LogP contribution is 2.83. The van der Waals surface area contributed by atoms with Gasteiger partial charge >= 0.3 is 0 Å². The molecule has 0 bridgehead atoms. The summed E-state index contributed by atoms with van der Waals surface area (Å²) in [6.45, 7) is 0. The molecule has 0 amide bonds. The van der Waals surface area contributed by atoms with Crippen LogP contribution in [0, 0.1) is 10.8 Å². The van der Waals surface area contributed by atoms with Gasteiger partial charge in [-0.25, -0.2) is 0 Å². The van der Waals surface area contributed by atoms with Crippen LogP contribution in [0.25, 0.3) is 0 Å². The summed E-state index contributed by atoms with van der Waals surface area (Å²) in [5.74, 6) is 0. The van der Waals surface area contributed by atoms with Gasteiger partial charge in [-0.2, -0.15) is 0 Å². The van der Waals surface area contributed by atoms with Crippen molar-refractivity contribution in [2.24, 2.45) is 10.8 Å². The van der Waals surface area contributed by atoms with Gasteiger partial charge in [0.2, 0.25) is 0 Å². The Morgan fingerprint density at radius 1 is 1.00 bits per heavy atom. The first-order valence-corrected chi connectivity index (χ1v) is 2.71. The van der Waals surface area contributed by atoms with Crippen LogP contribution < -0.4 is 0 Å². The first-order chi connectivity index (χ1) is 3.79. The van der Waals surface area contributed by atoms with Crippen molar-refractivity contribution < 1.29 is 9.59 Å². The molecule has 2 saturated carbocycles. The predicted molar refractivity (Wildman–Crippen MR) is 26.2 cm³/mol. The van der Waals surface area contributed by atoms with Gasteiger partial charge in [0.1, 0.15) is 12.6 Å². The molecule has 0 aromatic heterocycles. The zero-order valence-corrected chi connectivity index (χ0v) is 4.39. The van der Waals surface area contributed by atoms with Crippen molar-refractivity contribution in [3.8, 4) is 0 Å². The fourth-order valence-electron chi connectivity index (χ4n) is 1.39. The zero-order valence-electron chi connectivity index (χ0n) is 4.39. The number of aldehydes is 2. The van der Waals surface area contributed by atoms with Gasteiger partial charge in [0.25, 0.3) is 0 Å². The van der Waals surface area contributed by atoms with Crippen LogP contribution in [-0.2, 0) is 9.59 Å². The lowest BCUT2D eigenvalue weighted by molar-refractivity contribution is -0.112. The molecule has 2 heteroatoms. The van der Waals surface area contributed by atoms with E-state index in [9.17, 15) is 9.59 Å². The molecule has 2 aliphatic carbocycles. The van der Waals surface area contributed by atoms with Gasteiger partial charge in [-0.1, -0.05) is 0 Å². The van der Waals surface area contributed by atoms with Crippen LogP contribution in [0.2, 0.25) is 0 Å². The molecular weight excluding hydrogens is 104 g/mol. The molecule has 0 radical (unpaired) electrons. The van der Waals surface area contributed by atoms with Crippen LogP contribution in [0.15, 0.2) is 0 Å². The standard InChI is InChI=1S/C6H6O2/c7-3-5-1-6(5,2-5)4-8/h3-4H,1-2H2. The van der Waals surface area contributed by atoms with Crippen LogP contribution in [0.4, 0.5) is 0 Å². The quantitative estimate of drug-likeness (QED) is 0.474. The van der Waals surface area contributed by atoms with E-state index in [-0.39, 0.29) is 10.8 Å². The third kappa shape index (κ3) is 0.202. The van der Waals surface area contributed by atoms with Gasteiger partial charge in [0.05, 0.1) is 0 Å². The van der Waals surface area contributed by atoms with Gasteiger partial charge in [-0.15, -0.1) is 0 Å². The molecular formula is C6H6O2. The van der Waals surface area contributed by atoms with E-state index in [2.05, 4.69) is 0 Å². The summed E-state index contributed by atoms with van der Waals surface area (Å²) in [5, 5.41) is 0. The normalized spacial score (nSPS) is 56.5. The topological polar surface area (TPSA) is 34.1 Å². The Balaban J connectivity index is 2.25. The molecule has 2 nitrogen and oxygen atoms in total. The maximum absolute atomic E-state index is 10.1. The number of rotatable bonds is 2. The van der Waals surface area contributed by atoms with Crippen molar-refractivity contribution >= 4 is 12.6 Å². The van der Waals surface area contributed by atoms with Crippen molar-refractivity contribution in [1.29, 1.82) is 0 Å². The highest BCUT2D eigenvalue weighted by atomic mass is 16.1. The fraction of sp³-hybridized carbons (Fsp3) is 0.667. The van der Waals surface area contributed by atoms with Gasteiger partial charge in [0.15, 0.2) is 0 Å². The van der Waals surface area contributed by atoms with E-state index in [0.29, 0.717) is 0 Å². The summed E-state index contributed by atoms with van der Waals surface area (Å²) in [6, 6.07) is 0. The Labute approximate surface area is 46.9 Å². The Morgan fingerprint density at radius 2 is 1.38 bits per heavy atom. The minimum Gasteiger partial charge on any atom is -0.303 e. The zero-order chi connectivity index (χ0) is 5.83. The molecule has 0 N–H and O–H groups in total. The average molecular weight is 110 g/mol. The molecule has 0 aromatic carbocycles. The third-order valence-electron chi connectivity index (χ3n) is 2.45. The summed E-state index contributed by atoms with van der Waals surface area (Å²) in [4.78, 5) is 20.3. The monoisotopic (exact) mass is 110 g/mol. The number of hydrogen-bond acceptors (Lipinski definition) is 2. The van der Waals surface area contributed by atoms with E-state index in [0.717, 1.165) is 25.4 Å². The largest absolute Gasteiger partial charge is 0.303 e. The molecule has 42 valence electrons. The molecule has 0 aliphatic heterocycles. The Kier molecular flexibility index (Phi) is 0.407. The van der Waals surface area contributed by atoms with Crippen LogP contribution >= 0.6 is 0 Å². The van der Waals surface area contributed by atoms with Gasteiger partial charge in [0, 0.05) is 10.8 Å². The molecule has 0 spiro atoms. The molecule has 2 fully saturated rings. The molecule has 0 saturated heterocycles. The molecule has 2 rings (SSSR count). The molecule has 0 unspecified atom stereocenters. The minimum atomic E-state index is -0.144. The second-order valence-corrected chi connectivity index (χ2v) is 2.90. The van der Waals surface area contributed by atoms with Crippen molar-refractivity contribution in [2.45, 2.75) is 12.8 Å². The lowest BCUT2D eigenvalue weighted by Crippen LogP contribution is -1.83. The van der Waals surface area contributed by atoms with E-state index in [1.807, 2.05) is 0 Å². The van der Waals surface area contributed by atoms with Gasteiger partial charge < -0.3 is 9.59 Å². The Bertz CT molecular complexity index is 147. The number of carbonyl (C=O) groups excluding carboxylic acids is 2. The van der Waals surface area contributed by atoms with E-state index in [1.165, 1.54) is 0 Å². The third-order valence-corrected chi connectivity index (χ3v) is 2.45. The maximum atomic E-state index is 10.1. The molecule has 8 heavy (non-hydrogen) atoms. The predicted octanol–water partition coefficient (Wildman–Crippen LogP) is 0.164. The second-order valence-electron chi connectivity index (χ2n) is 2.90. The van der Waals surface area contributed by atoms with Crippen LogP contribution in [0.5, 0.6) is 0 Å². The first kappa shape index (κ1) is 4.24. The second kappa shape index (κ2) is 0.768. The first-order valence-electron chi connectivity index (χ1n) is 2.71. The summed E-state index contributed by atoms with van der Waals surface area (Å²) in [6.07, 6.45) is 3.52. The van der Waals surface area contributed by atoms with Gasteiger partial charge in [-0.05, 0) is 12.8 Å². The van der Waals surface area contributed by atoms with Crippen LogP contribution in [0.1, 0.15) is 12.8 Å². The number of hydrogen-bond donors (Lipinski definition) is 0. The summed E-state index contributed by atoms with van der Waals surface area (Å²) in [5.41, 5.74) is -0.288. The lowest BCUT2D eigenvalue weighted by Gasteiger charge is -1.81. The Morgan fingerprint density at radius 3 is 1.50 bits per heavy atom. The fourth-order valence-corrected chi connectivity index (χ4v) is 1.39. The number of carbonyl (C=O) groups is 2. The smallest absolute Gasteiger partial charge is 0.127 e. The minimum absolute atomic E-state index is 0.144. The molecule has 0 heterocycles. The summed E-state index contributed by atoms with van der Waals surface area (Å²) >= 11 is 0.